The summed E-state index contributed by atoms with van der Waals surface area (Å²) in [4.78, 5) is 19.6. The summed E-state index contributed by atoms with van der Waals surface area (Å²) in [5.41, 5.74) is 4.23. The number of anilines is 1. The van der Waals surface area contributed by atoms with Gasteiger partial charge in [-0.05, 0) is 48.7 Å². The van der Waals surface area contributed by atoms with E-state index in [1.807, 2.05) is 6.92 Å². The van der Waals surface area contributed by atoms with Gasteiger partial charge in [-0.3, -0.25) is 9.89 Å². The number of aryl methyl sites for hydroxylation is 1. The highest BCUT2D eigenvalue weighted by Crippen LogP contribution is 2.36. The van der Waals surface area contributed by atoms with E-state index in [1.54, 1.807) is 37.4 Å². The molecule has 3 heterocycles. The van der Waals surface area contributed by atoms with Crippen molar-refractivity contribution in [2.45, 2.75) is 13.8 Å². The molecule has 3 aromatic heterocycles. The van der Waals surface area contributed by atoms with E-state index in [9.17, 15) is 15.2 Å². The Morgan fingerprint density at radius 1 is 1.29 bits per heavy atom. The Bertz CT molecular complexity index is 1250. The molecule has 0 bridgehead atoms. The van der Waals surface area contributed by atoms with Gasteiger partial charge in [-0.1, -0.05) is 6.07 Å². The Labute approximate surface area is 159 Å². The van der Waals surface area contributed by atoms with E-state index < -0.39 is 0 Å². The molecule has 28 heavy (non-hydrogen) atoms. The Morgan fingerprint density at radius 2 is 2.11 bits per heavy atom. The predicted octanol–water partition coefficient (Wildman–Crippen LogP) is 3.40. The van der Waals surface area contributed by atoms with Gasteiger partial charge >= 0.3 is 0 Å². The maximum Gasteiger partial charge on any atom is 0.274 e. The molecular formula is C20H16N6O2. The first-order valence-electron chi connectivity index (χ1n) is 8.51. The van der Waals surface area contributed by atoms with Crippen molar-refractivity contribution in [2.75, 3.05) is 5.32 Å². The lowest BCUT2D eigenvalue weighted by molar-refractivity contribution is 0.102. The van der Waals surface area contributed by atoms with Crippen molar-refractivity contribution >= 4 is 22.8 Å². The fourth-order valence-electron chi connectivity index (χ4n) is 3.27. The van der Waals surface area contributed by atoms with E-state index in [4.69, 9.17) is 0 Å². The first-order chi connectivity index (χ1) is 13.5. The van der Waals surface area contributed by atoms with Crippen LogP contribution >= 0.6 is 0 Å². The number of hydrogen-bond donors (Lipinski definition) is 4. The van der Waals surface area contributed by atoms with Crippen molar-refractivity contribution in [1.29, 1.82) is 5.26 Å². The van der Waals surface area contributed by atoms with Crippen molar-refractivity contribution in [1.82, 2.24) is 20.2 Å². The summed E-state index contributed by atoms with van der Waals surface area (Å²) in [5.74, 6) is 0.216. The highest BCUT2D eigenvalue weighted by molar-refractivity contribution is 6.04. The first kappa shape index (κ1) is 17.3. The second-order valence-corrected chi connectivity index (χ2v) is 6.43. The van der Waals surface area contributed by atoms with E-state index in [0.29, 0.717) is 39.2 Å². The molecule has 0 unspecified atom stereocenters. The van der Waals surface area contributed by atoms with Crippen LogP contribution in [-0.4, -0.2) is 31.2 Å². The number of H-pyrrole nitrogens is 2. The molecule has 0 aliphatic heterocycles. The molecule has 0 saturated carbocycles. The number of hydrogen-bond acceptors (Lipinski definition) is 5. The second kappa shape index (κ2) is 6.55. The average molecular weight is 372 g/mol. The zero-order chi connectivity index (χ0) is 19.8. The number of phenols is 1. The minimum Gasteiger partial charge on any atom is -0.508 e. The summed E-state index contributed by atoms with van der Waals surface area (Å²) in [7, 11) is 0. The maximum atomic E-state index is 12.2. The quantitative estimate of drug-likeness (QED) is 0.438. The van der Waals surface area contributed by atoms with Crippen LogP contribution in [0.4, 0.5) is 5.82 Å². The van der Waals surface area contributed by atoms with E-state index in [1.165, 1.54) is 6.20 Å². The predicted molar refractivity (Wildman–Crippen MR) is 104 cm³/mol. The molecule has 4 aromatic rings. The number of phenolic OH excluding ortho intramolecular Hbond substituents is 1. The van der Waals surface area contributed by atoms with Crippen LogP contribution in [0.3, 0.4) is 0 Å². The van der Waals surface area contributed by atoms with Gasteiger partial charge in [-0.2, -0.15) is 10.4 Å². The van der Waals surface area contributed by atoms with E-state index in [0.717, 1.165) is 11.1 Å². The van der Waals surface area contributed by atoms with Gasteiger partial charge in [0.15, 0.2) is 0 Å². The van der Waals surface area contributed by atoms with Gasteiger partial charge in [-0.25, -0.2) is 4.98 Å². The van der Waals surface area contributed by atoms with Crippen LogP contribution in [0.5, 0.6) is 5.75 Å². The number of aromatic nitrogens is 4. The van der Waals surface area contributed by atoms with Gasteiger partial charge in [0.25, 0.3) is 5.91 Å². The molecule has 1 aromatic carbocycles. The van der Waals surface area contributed by atoms with E-state index in [2.05, 4.69) is 31.6 Å². The lowest BCUT2D eigenvalue weighted by Gasteiger charge is -2.13. The number of benzene rings is 1. The number of nitriles is 1. The zero-order valence-electron chi connectivity index (χ0n) is 15.2. The van der Waals surface area contributed by atoms with E-state index >= 15 is 0 Å². The Hall–Kier alpha value is -4.12. The standard InChI is InChI=1S/C20H16N6O2/c1-10-3-4-16(27)11(2)18(10)14-9-22-19-12(13(14)8-21)7-17(24-19)25-20(28)15-5-6-23-26-15/h3-7,9,27H,1-2H3,(H,22,24)(H,23,26)(H,25,28). The summed E-state index contributed by atoms with van der Waals surface area (Å²) in [6.45, 7) is 3.72. The third-order valence-corrected chi connectivity index (χ3v) is 4.68. The fraction of sp³-hybridized carbons (Fsp3) is 0.100. The highest BCUT2D eigenvalue weighted by Gasteiger charge is 2.18. The molecule has 0 aliphatic carbocycles. The topological polar surface area (TPSA) is 130 Å². The molecular weight excluding hydrogens is 356 g/mol. The van der Waals surface area contributed by atoms with Crippen LogP contribution in [0.2, 0.25) is 0 Å². The van der Waals surface area contributed by atoms with Crippen LogP contribution in [0.15, 0.2) is 36.7 Å². The molecule has 138 valence electrons. The van der Waals surface area contributed by atoms with Gasteiger partial charge in [-0.15, -0.1) is 0 Å². The first-order valence-corrected chi connectivity index (χ1v) is 8.51. The highest BCUT2D eigenvalue weighted by atomic mass is 16.3. The molecule has 0 spiro atoms. The Balaban J connectivity index is 1.83. The number of carbonyl (C=O) groups excluding carboxylic acids is 1. The minimum atomic E-state index is -0.359. The monoisotopic (exact) mass is 372 g/mol. The van der Waals surface area contributed by atoms with Crippen LogP contribution in [-0.2, 0) is 0 Å². The van der Waals surface area contributed by atoms with Crippen molar-refractivity contribution in [3.8, 4) is 22.9 Å². The maximum absolute atomic E-state index is 12.2. The molecule has 0 atom stereocenters. The Kier molecular flexibility index (Phi) is 4.05. The number of pyridine rings is 1. The van der Waals surface area contributed by atoms with Gasteiger partial charge in [0, 0.05) is 23.3 Å². The number of carbonyl (C=O) groups is 1. The number of fused-ring (bicyclic) bond motifs is 1. The molecule has 8 heteroatoms. The molecule has 1 amide bonds. The summed E-state index contributed by atoms with van der Waals surface area (Å²) in [6, 6.07) is 8.90. The number of nitrogens with zero attached hydrogens (tertiary/aromatic N) is 3. The van der Waals surface area contributed by atoms with Crippen molar-refractivity contribution in [3.63, 3.8) is 0 Å². The van der Waals surface area contributed by atoms with Crippen molar-refractivity contribution in [3.05, 3.63) is 59.0 Å². The average Bonchev–Trinajstić information content (AvgIpc) is 3.34. The molecule has 4 rings (SSSR count). The summed E-state index contributed by atoms with van der Waals surface area (Å²) in [6.07, 6.45) is 3.09. The van der Waals surface area contributed by atoms with Gasteiger partial charge in [0.1, 0.15) is 29.0 Å². The van der Waals surface area contributed by atoms with Gasteiger partial charge in [0.05, 0.1) is 5.56 Å². The number of rotatable bonds is 3. The van der Waals surface area contributed by atoms with Crippen LogP contribution in [0, 0.1) is 25.2 Å². The molecule has 0 aliphatic rings. The SMILES string of the molecule is Cc1ccc(O)c(C)c1-c1cnc2[nH]c(NC(=O)c3ccn[nH]3)cc2c1C#N. The molecule has 0 fully saturated rings. The molecule has 4 N–H and O–H groups in total. The summed E-state index contributed by atoms with van der Waals surface area (Å²) < 4.78 is 0. The number of nitrogens with one attached hydrogen (secondary N) is 3. The number of amides is 1. The van der Waals surface area contributed by atoms with Crippen LogP contribution in [0.25, 0.3) is 22.2 Å². The summed E-state index contributed by atoms with van der Waals surface area (Å²) >= 11 is 0. The zero-order valence-corrected chi connectivity index (χ0v) is 15.2. The second-order valence-electron chi connectivity index (χ2n) is 6.43. The molecule has 0 radical (unpaired) electrons. The smallest absolute Gasteiger partial charge is 0.274 e. The fourth-order valence-corrected chi connectivity index (χ4v) is 3.27. The molecule has 0 saturated heterocycles. The van der Waals surface area contributed by atoms with E-state index in [-0.39, 0.29) is 11.7 Å². The third-order valence-electron chi connectivity index (χ3n) is 4.68. The van der Waals surface area contributed by atoms with Crippen molar-refractivity contribution in [2.24, 2.45) is 0 Å². The third kappa shape index (κ3) is 2.75. The van der Waals surface area contributed by atoms with Gasteiger partial charge < -0.3 is 15.4 Å². The largest absolute Gasteiger partial charge is 0.508 e. The van der Waals surface area contributed by atoms with Crippen LogP contribution in [0.1, 0.15) is 27.2 Å². The van der Waals surface area contributed by atoms with Crippen molar-refractivity contribution < 1.29 is 9.90 Å². The summed E-state index contributed by atoms with van der Waals surface area (Å²) in [5, 5.41) is 29.6. The lowest BCUT2D eigenvalue weighted by atomic mass is 9.92. The Morgan fingerprint density at radius 3 is 2.82 bits per heavy atom. The number of aromatic hydroxyl groups is 1. The van der Waals surface area contributed by atoms with Gasteiger partial charge in [0.2, 0.25) is 0 Å². The minimum absolute atomic E-state index is 0.158. The lowest BCUT2D eigenvalue weighted by Crippen LogP contribution is -2.12. The molecule has 8 nitrogen and oxygen atoms in total. The number of aromatic amines is 2. The van der Waals surface area contributed by atoms with Crippen LogP contribution < -0.4 is 5.32 Å². The normalized spacial score (nSPS) is 10.8.